The van der Waals surface area contributed by atoms with E-state index in [0.717, 1.165) is 0 Å². The molecule has 0 aromatic carbocycles. The lowest BCUT2D eigenvalue weighted by atomic mass is 10.1. The van der Waals surface area contributed by atoms with Crippen molar-refractivity contribution in [1.82, 2.24) is 0 Å². The van der Waals surface area contributed by atoms with E-state index in [2.05, 4.69) is 36.6 Å². The van der Waals surface area contributed by atoms with Crippen LogP contribution in [0.25, 0.3) is 0 Å². The number of fused-ring (bicyclic) bond motifs is 1. The Hall–Kier alpha value is -1.96. The van der Waals surface area contributed by atoms with Gasteiger partial charge < -0.3 is 24.2 Å². The molecule has 2 aliphatic heterocycles. The molecule has 2 fully saturated rings. The van der Waals surface area contributed by atoms with Crippen molar-refractivity contribution in [1.29, 1.82) is 5.53 Å². The number of hydrogen-bond acceptors (Lipinski definition) is 7. The van der Waals surface area contributed by atoms with E-state index >= 15 is 0 Å². The zero-order chi connectivity index (χ0) is 15.3. The third kappa shape index (κ3) is 3.78. The van der Waals surface area contributed by atoms with Crippen molar-refractivity contribution in [2.24, 2.45) is 36.6 Å². The van der Waals surface area contributed by atoms with Gasteiger partial charge in [-0.1, -0.05) is 0 Å². The van der Waals surface area contributed by atoms with E-state index in [9.17, 15) is 5.11 Å². The molecule has 0 saturated carbocycles. The van der Waals surface area contributed by atoms with E-state index in [4.69, 9.17) is 24.6 Å². The Morgan fingerprint density at radius 2 is 1.76 bits per heavy atom. The van der Waals surface area contributed by atoms with Crippen molar-refractivity contribution in [2.75, 3.05) is 6.61 Å². The third-order valence-corrected chi connectivity index (χ3v) is 2.68. The molecule has 13 nitrogen and oxygen atoms in total. The van der Waals surface area contributed by atoms with Gasteiger partial charge in [0.25, 0.3) is 6.29 Å². The highest BCUT2D eigenvalue weighted by Crippen LogP contribution is 2.38. The highest BCUT2D eigenvalue weighted by molar-refractivity contribution is 4.94. The summed E-state index contributed by atoms with van der Waals surface area (Å²) >= 11 is 0. The molecule has 0 spiro atoms. The summed E-state index contributed by atoms with van der Waals surface area (Å²) in [6, 6.07) is 0. The summed E-state index contributed by atoms with van der Waals surface area (Å²) in [5.41, 5.74) is 6.29. The number of ether oxygens (including phenoxy) is 3. The number of hydrogen-bond donors (Lipinski definition) is 2. The average Bonchev–Trinajstić information content (AvgIpc) is 2.91. The quantitative estimate of drug-likeness (QED) is 0.555. The van der Waals surface area contributed by atoms with Gasteiger partial charge in [-0.05, 0) is 29.5 Å². The van der Waals surface area contributed by atoms with Crippen LogP contribution in [0.4, 0.5) is 0 Å². The predicted molar refractivity (Wildman–Crippen MR) is 60.4 cm³/mol. The summed E-state index contributed by atoms with van der Waals surface area (Å²) < 4.78 is 16.6. The molecule has 21 heavy (non-hydrogen) atoms. The third-order valence-electron chi connectivity index (χ3n) is 2.68. The number of aliphatic hydroxyl groups excluding tert-OH is 1. The van der Waals surface area contributed by atoms with Crippen LogP contribution < -0.4 is 0 Å². The fourth-order valence-corrected chi connectivity index (χ4v) is 2.03. The average molecular weight is 302 g/mol. The van der Waals surface area contributed by atoms with Gasteiger partial charge in [0.15, 0.2) is 11.9 Å². The second kappa shape index (κ2) is 6.66. The Kier molecular flexibility index (Phi) is 4.89. The summed E-state index contributed by atoms with van der Waals surface area (Å²) in [7, 11) is 0. The Morgan fingerprint density at radius 3 is 2.48 bits per heavy atom. The Morgan fingerprint density at radius 1 is 1.10 bits per heavy atom. The van der Waals surface area contributed by atoms with E-state index in [0.29, 0.717) is 0 Å². The van der Waals surface area contributed by atoms with Crippen molar-refractivity contribution in [3.63, 3.8) is 0 Å². The Labute approximate surface area is 118 Å². The lowest BCUT2D eigenvalue weighted by Gasteiger charge is -2.22. The van der Waals surface area contributed by atoms with E-state index < -0.39 is 30.4 Å². The molecule has 0 aromatic rings. The summed E-state index contributed by atoms with van der Waals surface area (Å²) in [6.45, 7) is 3.25. The highest BCUT2D eigenvalue weighted by atomic mass is 16.8. The van der Waals surface area contributed by atoms with Crippen molar-refractivity contribution >= 4 is 0 Å². The van der Waals surface area contributed by atoms with Crippen molar-refractivity contribution in [3.8, 4) is 0 Å². The molecule has 4 atom stereocenters. The van der Waals surface area contributed by atoms with Crippen molar-refractivity contribution < 1.29 is 24.2 Å². The lowest BCUT2D eigenvalue weighted by molar-refractivity contribution is -0.239. The number of aliphatic hydroxyl groups is 1. The molecular formula is C8H14N8O5. The van der Waals surface area contributed by atoms with Gasteiger partial charge in [0, 0.05) is 15.7 Å². The van der Waals surface area contributed by atoms with Crippen LogP contribution in [-0.4, -0.2) is 42.1 Å². The van der Waals surface area contributed by atoms with Crippen LogP contribution in [0.3, 0.4) is 0 Å². The number of nitrogens with one attached hydrogen (secondary N) is 1. The summed E-state index contributed by atoms with van der Waals surface area (Å²) in [4.78, 5) is 4.98. The second-order valence-corrected chi connectivity index (χ2v) is 4.52. The van der Waals surface area contributed by atoms with Crippen LogP contribution in [0.5, 0.6) is 0 Å². The van der Waals surface area contributed by atoms with E-state index in [-0.39, 0.29) is 6.61 Å². The van der Waals surface area contributed by atoms with E-state index in [1.807, 2.05) is 0 Å². The summed E-state index contributed by atoms with van der Waals surface area (Å²) in [5, 5.41) is 30.2. The van der Waals surface area contributed by atoms with Crippen molar-refractivity contribution in [3.05, 3.63) is 0 Å². The van der Waals surface area contributed by atoms with E-state index in [1.54, 1.807) is 13.8 Å². The molecule has 0 radical (unpaired) electrons. The summed E-state index contributed by atoms with van der Waals surface area (Å²) in [5.74, 6) is -0.800. The van der Waals surface area contributed by atoms with Gasteiger partial charge in [-0.3, -0.25) is 0 Å². The van der Waals surface area contributed by atoms with Gasteiger partial charge in [-0.15, -0.1) is 0 Å². The van der Waals surface area contributed by atoms with Gasteiger partial charge in [-0.25, -0.2) is 0 Å². The maximum Gasteiger partial charge on any atom is 0.258 e. The molecular weight excluding hydrogens is 288 g/mol. The molecule has 2 aliphatic rings. The number of rotatable bonds is 6. The molecule has 0 aromatic heterocycles. The zero-order valence-corrected chi connectivity index (χ0v) is 11.2. The lowest BCUT2D eigenvalue weighted by Crippen LogP contribution is -2.31. The van der Waals surface area contributed by atoms with Crippen LogP contribution in [0.1, 0.15) is 13.8 Å². The van der Waals surface area contributed by atoms with Crippen LogP contribution in [0, 0.1) is 5.53 Å². The molecule has 2 N–H and O–H groups in total. The molecule has 0 aliphatic carbocycles. The van der Waals surface area contributed by atoms with Gasteiger partial charge >= 0.3 is 0 Å². The molecule has 0 amide bonds. The first-order valence-electron chi connectivity index (χ1n) is 5.92. The predicted octanol–water partition coefficient (Wildman–Crippen LogP) is 1.29. The highest BCUT2D eigenvalue weighted by Gasteiger charge is 2.56. The zero-order valence-electron chi connectivity index (χ0n) is 11.2. The summed E-state index contributed by atoms with van der Waals surface area (Å²) in [6.07, 6.45) is -2.47. The van der Waals surface area contributed by atoms with Gasteiger partial charge in [0.1, 0.15) is 12.2 Å². The normalized spacial score (nSPS) is 35.0. The minimum absolute atomic E-state index is 0.242. The second-order valence-electron chi connectivity index (χ2n) is 4.52. The molecule has 3 unspecified atom stereocenters. The molecule has 2 rings (SSSR count). The molecule has 116 valence electrons. The first-order valence-corrected chi connectivity index (χ1v) is 5.92. The monoisotopic (exact) mass is 302 g/mol. The first-order chi connectivity index (χ1) is 10.1. The maximum atomic E-state index is 9.24. The van der Waals surface area contributed by atoms with E-state index in [1.165, 1.54) is 0 Å². The van der Waals surface area contributed by atoms with Crippen LogP contribution in [0.15, 0.2) is 36.6 Å². The molecule has 2 saturated heterocycles. The van der Waals surface area contributed by atoms with Gasteiger partial charge in [-0.2, -0.15) is 5.53 Å². The van der Waals surface area contributed by atoms with Gasteiger partial charge in [0.2, 0.25) is 0 Å². The first kappa shape index (κ1) is 15.4. The molecule has 13 heteroatoms. The smallest absolute Gasteiger partial charge is 0.258 e. The minimum Gasteiger partial charge on any atom is -0.394 e. The standard InChI is InChI=1S/C8H14N8O5/c1-8(2)19-5-4(3-17)18-7(6(5)20-8)21-16-15-14-13-12-11-10-9/h4-7,9,17H,3H2,1-2H3/t4?,5?,6?,7-/m0/s1. The van der Waals surface area contributed by atoms with Crippen LogP contribution >= 0.6 is 0 Å². The minimum atomic E-state index is -0.891. The van der Waals surface area contributed by atoms with Crippen LogP contribution in [-0.2, 0) is 19.0 Å². The topological polar surface area (TPSA) is 168 Å². The fraction of sp³-hybridized carbons (Fsp3) is 1.00. The largest absolute Gasteiger partial charge is 0.394 e. The number of nitrogens with zero attached hydrogens (tertiary/aromatic N) is 7. The molecule has 0 bridgehead atoms. The molecule has 2 heterocycles. The maximum absolute atomic E-state index is 9.24. The SMILES string of the molecule is CC1(C)OC2C(CO)O[C@@H](ON=NN=NN=NN=N)C2O1. The fourth-order valence-electron chi connectivity index (χ4n) is 2.03. The Balaban J connectivity index is 1.89. The van der Waals surface area contributed by atoms with Gasteiger partial charge in [0.05, 0.1) is 11.9 Å². The van der Waals surface area contributed by atoms with Crippen molar-refractivity contribution in [2.45, 2.75) is 44.2 Å². The Bertz CT molecular complexity index is 454. The van der Waals surface area contributed by atoms with Crippen LogP contribution in [0.2, 0.25) is 0 Å².